The zero-order valence-corrected chi connectivity index (χ0v) is 14.8. The van der Waals surface area contributed by atoms with Crippen molar-refractivity contribution < 1.29 is 9.53 Å². The summed E-state index contributed by atoms with van der Waals surface area (Å²) in [6.07, 6.45) is 4.62. The Morgan fingerprint density at radius 1 is 1.36 bits per heavy atom. The third-order valence-electron chi connectivity index (χ3n) is 4.51. The lowest BCUT2D eigenvalue weighted by Gasteiger charge is -2.27. The third-order valence-corrected chi connectivity index (χ3v) is 5.01. The van der Waals surface area contributed by atoms with E-state index in [-0.39, 0.29) is 30.4 Å². The van der Waals surface area contributed by atoms with Gasteiger partial charge in [-0.3, -0.25) is 4.79 Å². The highest BCUT2D eigenvalue weighted by Crippen LogP contribution is 2.34. The molecule has 22 heavy (non-hydrogen) atoms. The molecule has 1 fully saturated rings. The topological polar surface area (TPSA) is 64.4 Å². The molecule has 0 bridgehead atoms. The molecule has 1 aliphatic heterocycles. The minimum atomic E-state index is 0. The Balaban J connectivity index is 0.00000176. The molecule has 0 saturated heterocycles. The van der Waals surface area contributed by atoms with Crippen LogP contribution in [0.2, 0.25) is 0 Å². The lowest BCUT2D eigenvalue weighted by Crippen LogP contribution is -2.35. The van der Waals surface area contributed by atoms with Gasteiger partial charge in [0, 0.05) is 28.9 Å². The number of halogens is 2. The molecule has 4 nitrogen and oxygen atoms in total. The van der Waals surface area contributed by atoms with Crippen LogP contribution in [0.4, 0.5) is 0 Å². The molecule has 1 aromatic carbocycles. The first-order chi connectivity index (χ1) is 10.1. The first-order valence-corrected chi connectivity index (χ1v) is 8.40. The van der Waals surface area contributed by atoms with Gasteiger partial charge in [0.2, 0.25) is 5.91 Å². The minimum absolute atomic E-state index is 0. The average Bonchev–Trinajstić information content (AvgIpc) is 2.85. The van der Waals surface area contributed by atoms with Crippen LogP contribution in [0.5, 0.6) is 5.75 Å². The number of rotatable bonds is 3. The Bertz CT molecular complexity index is 541. The van der Waals surface area contributed by atoms with E-state index in [1.807, 2.05) is 18.2 Å². The predicted octanol–water partition coefficient (Wildman–Crippen LogP) is 3.33. The van der Waals surface area contributed by atoms with Gasteiger partial charge in [-0.15, -0.1) is 12.4 Å². The molecule has 0 spiro atoms. The van der Waals surface area contributed by atoms with Crippen molar-refractivity contribution in [3.8, 4) is 5.75 Å². The fourth-order valence-corrected chi connectivity index (χ4v) is 3.70. The van der Waals surface area contributed by atoms with Crippen molar-refractivity contribution in [3.63, 3.8) is 0 Å². The predicted molar refractivity (Wildman–Crippen MR) is 92.3 cm³/mol. The number of benzene rings is 1. The first-order valence-electron chi connectivity index (χ1n) is 7.60. The normalized spacial score (nSPS) is 26.5. The summed E-state index contributed by atoms with van der Waals surface area (Å²) in [5, 5.41) is 3.15. The Morgan fingerprint density at radius 3 is 2.91 bits per heavy atom. The van der Waals surface area contributed by atoms with E-state index in [1.54, 1.807) is 0 Å². The summed E-state index contributed by atoms with van der Waals surface area (Å²) in [7, 11) is 0. The number of hydrogen-bond acceptors (Lipinski definition) is 3. The first kappa shape index (κ1) is 17.6. The molecule has 0 radical (unpaired) electrons. The van der Waals surface area contributed by atoms with Gasteiger partial charge in [0.15, 0.2) is 0 Å². The average molecular weight is 390 g/mol. The Morgan fingerprint density at radius 2 is 2.18 bits per heavy atom. The maximum absolute atomic E-state index is 12.3. The monoisotopic (exact) mass is 388 g/mol. The molecule has 3 rings (SSSR count). The Hall–Kier alpha value is -0.780. The fourth-order valence-electron chi connectivity index (χ4n) is 3.33. The zero-order valence-electron chi connectivity index (χ0n) is 12.4. The third kappa shape index (κ3) is 3.94. The molecule has 1 aromatic rings. The van der Waals surface area contributed by atoms with E-state index < -0.39 is 0 Å². The van der Waals surface area contributed by atoms with Crippen LogP contribution in [-0.4, -0.2) is 18.6 Å². The smallest absolute Gasteiger partial charge is 0.220 e. The van der Waals surface area contributed by atoms with E-state index in [4.69, 9.17) is 10.5 Å². The van der Waals surface area contributed by atoms with E-state index in [0.29, 0.717) is 18.9 Å². The molecular weight excluding hydrogens is 368 g/mol. The molecule has 1 aliphatic carbocycles. The van der Waals surface area contributed by atoms with Crippen LogP contribution < -0.4 is 15.8 Å². The zero-order chi connectivity index (χ0) is 14.8. The molecular formula is C16H22BrClN2O2. The summed E-state index contributed by atoms with van der Waals surface area (Å²) in [6.45, 7) is 0.641. The molecule has 1 unspecified atom stereocenters. The molecule has 1 saturated carbocycles. The SMILES string of the molecule is Cl.N[C@@H]1CCC[C@H]1CC(=O)NC1CCOc2ccc(Br)cc21. The van der Waals surface area contributed by atoms with Gasteiger partial charge in [0.05, 0.1) is 12.6 Å². The maximum atomic E-state index is 12.3. The van der Waals surface area contributed by atoms with Crippen molar-refractivity contribution in [2.45, 2.75) is 44.2 Å². The summed E-state index contributed by atoms with van der Waals surface area (Å²) >= 11 is 3.48. The van der Waals surface area contributed by atoms with Gasteiger partial charge in [-0.2, -0.15) is 0 Å². The van der Waals surface area contributed by atoms with Crippen LogP contribution in [0.25, 0.3) is 0 Å². The van der Waals surface area contributed by atoms with E-state index in [0.717, 1.165) is 41.5 Å². The molecule has 1 amide bonds. The van der Waals surface area contributed by atoms with Crippen LogP contribution in [0.15, 0.2) is 22.7 Å². The molecule has 1 heterocycles. The van der Waals surface area contributed by atoms with E-state index >= 15 is 0 Å². The second kappa shape index (κ2) is 7.66. The second-order valence-corrected chi connectivity index (χ2v) is 6.91. The highest BCUT2D eigenvalue weighted by Gasteiger charge is 2.28. The highest BCUT2D eigenvalue weighted by atomic mass is 79.9. The van der Waals surface area contributed by atoms with Crippen molar-refractivity contribution in [2.24, 2.45) is 11.7 Å². The van der Waals surface area contributed by atoms with Crippen LogP contribution in [0.1, 0.15) is 43.7 Å². The van der Waals surface area contributed by atoms with Crippen LogP contribution in [0, 0.1) is 5.92 Å². The van der Waals surface area contributed by atoms with Gasteiger partial charge in [-0.1, -0.05) is 22.4 Å². The molecule has 2 aliphatic rings. The van der Waals surface area contributed by atoms with Crippen molar-refractivity contribution in [1.82, 2.24) is 5.32 Å². The summed E-state index contributed by atoms with van der Waals surface area (Å²) in [6, 6.07) is 6.16. The van der Waals surface area contributed by atoms with Gasteiger partial charge < -0.3 is 15.8 Å². The molecule has 6 heteroatoms. The van der Waals surface area contributed by atoms with Gasteiger partial charge in [-0.05, 0) is 37.0 Å². The number of carbonyl (C=O) groups excluding carboxylic acids is 1. The van der Waals surface area contributed by atoms with Crippen LogP contribution in [-0.2, 0) is 4.79 Å². The summed E-state index contributed by atoms with van der Waals surface area (Å²) in [4.78, 5) is 12.3. The quantitative estimate of drug-likeness (QED) is 0.833. The lowest BCUT2D eigenvalue weighted by molar-refractivity contribution is -0.123. The number of carbonyl (C=O) groups is 1. The number of hydrogen-bond donors (Lipinski definition) is 2. The van der Waals surface area contributed by atoms with E-state index in [1.165, 1.54) is 0 Å². The van der Waals surface area contributed by atoms with Gasteiger partial charge in [0.25, 0.3) is 0 Å². The maximum Gasteiger partial charge on any atom is 0.220 e. The van der Waals surface area contributed by atoms with Crippen molar-refractivity contribution in [2.75, 3.05) is 6.61 Å². The Labute approximate surface area is 145 Å². The summed E-state index contributed by atoms with van der Waals surface area (Å²) in [5.74, 6) is 1.31. The van der Waals surface area contributed by atoms with Gasteiger partial charge in [0.1, 0.15) is 5.75 Å². The number of fused-ring (bicyclic) bond motifs is 1. The second-order valence-electron chi connectivity index (χ2n) is 6.00. The van der Waals surface area contributed by atoms with E-state index in [9.17, 15) is 4.79 Å². The number of ether oxygens (including phenoxy) is 1. The number of nitrogens with two attached hydrogens (primary N) is 1. The van der Waals surface area contributed by atoms with Crippen molar-refractivity contribution >= 4 is 34.2 Å². The molecule has 3 N–H and O–H groups in total. The molecule has 0 aromatic heterocycles. The number of nitrogens with one attached hydrogen (secondary N) is 1. The van der Waals surface area contributed by atoms with Crippen molar-refractivity contribution in [3.05, 3.63) is 28.2 Å². The van der Waals surface area contributed by atoms with Crippen molar-refractivity contribution in [1.29, 1.82) is 0 Å². The molecule has 122 valence electrons. The van der Waals surface area contributed by atoms with Gasteiger partial charge >= 0.3 is 0 Å². The van der Waals surface area contributed by atoms with Crippen LogP contribution in [0.3, 0.4) is 0 Å². The summed E-state index contributed by atoms with van der Waals surface area (Å²) < 4.78 is 6.65. The standard InChI is InChI=1S/C16H21BrN2O2.ClH/c17-11-4-5-15-12(9-11)14(6-7-21-15)19-16(20)8-10-2-1-3-13(10)18;/h4-5,9-10,13-14H,1-3,6-8,18H2,(H,19,20);1H/t10-,13+,14?;/m0./s1. The fraction of sp³-hybridized carbons (Fsp3) is 0.562. The highest BCUT2D eigenvalue weighted by molar-refractivity contribution is 9.10. The number of amides is 1. The largest absolute Gasteiger partial charge is 0.493 e. The van der Waals surface area contributed by atoms with Gasteiger partial charge in [-0.25, -0.2) is 0 Å². The van der Waals surface area contributed by atoms with E-state index in [2.05, 4.69) is 21.2 Å². The molecule has 3 atom stereocenters. The van der Waals surface area contributed by atoms with Crippen LogP contribution >= 0.6 is 28.3 Å². The Kier molecular flexibility index (Phi) is 6.12. The summed E-state index contributed by atoms with van der Waals surface area (Å²) in [5.41, 5.74) is 7.11. The lowest BCUT2D eigenvalue weighted by atomic mass is 9.97. The minimum Gasteiger partial charge on any atom is -0.493 e.